The molecule has 1 heterocycles. The molecular weight excluding hydrogens is 212 g/mol. The lowest BCUT2D eigenvalue weighted by molar-refractivity contribution is -0.161. The van der Waals surface area contributed by atoms with E-state index in [1.165, 1.54) is 12.4 Å². The smallest absolute Gasteiger partial charge is 0.375 e. The molecule has 3 nitrogen and oxygen atoms in total. The third-order valence-electron chi connectivity index (χ3n) is 1.38. The van der Waals surface area contributed by atoms with Crippen molar-refractivity contribution in [3.63, 3.8) is 0 Å². The zero-order chi connectivity index (χ0) is 10.6. The number of carboxylic acid groups (broad SMARTS) is 1. The Balaban J connectivity index is 2.53. The number of hydrogen-bond acceptors (Lipinski definition) is 3. The van der Waals surface area contributed by atoms with Gasteiger partial charge in [-0.25, -0.2) is 4.79 Å². The van der Waals surface area contributed by atoms with Crippen molar-refractivity contribution in [3.8, 4) is 0 Å². The first-order valence-corrected chi connectivity index (χ1v) is 4.65. The first-order chi connectivity index (χ1) is 6.52. The van der Waals surface area contributed by atoms with E-state index in [0.717, 1.165) is 11.8 Å². The molecule has 0 unspecified atom stereocenters. The second-order valence-corrected chi connectivity index (χ2v) is 3.53. The molecule has 14 heavy (non-hydrogen) atoms. The SMILES string of the molecule is O=C(O)C(F)(F)CSc1ccncc1. The van der Waals surface area contributed by atoms with Gasteiger partial charge in [-0.15, -0.1) is 11.8 Å². The highest BCUT2D eigenvalue weighted by atomic mass is 32.2. The Morgan fingerprint density at radius 3 is 2.57 bits per heavy atom. The van der Waals surface area contributed by atoms with Crippen LogP contribution in [0.1, 0.15) is 0 Å². The molecule has 0 atom stereocenters. The fourth-order valence-electron chi connectivity index (χ4n) is 0.670. The van der Waals surface area contributed by atoms with E-state index in [1.54, 1.807) is 12.1 Å². The quantitative estimate of drug-likeness (QED) is 0.786. The lowest BCUT2D eigenvalue weighted by atomic mass is 10.4. The highest BCUT2D eigenvalue weighted by Crippen LogP contribution is 2.25. The maximum atomic E-state index is 12.6. The number of alkyl halides is 2. The zero-order valence-corrected chi connectivity index (χ0v) is 7.80. The highest BCUT2D eigenvalue weighted by molar-refractivity contribution is 7.99. The molecular formula is C8H7F2NO2S. The van der Waals surface area contributed by atoms with Crippen LogP contribution in [0.5, 0.6) is 0 Å². The number of hydrogen-bond donors (Lipinski definition) is 1. The van der Waals surface area contributed by atoms with Crippen molar-refractivity contribution in [1.82, 2.24) is 4.98 Å². The number of pyridine rings is 1. The zero-order valence-electron chi connectivity index (χ0n) is 6.98. The molecule has 0 saturated carbocycles. The summed E-state index contributed by atoms with van der Waals surface area (Å²) in [5, 5.41) is 8.14. The predicted molar refractivity (Wildman–Crippen MR) is 47.5 cm³/mol. The lowest BCUT2D eigenvalue weighted by Gasteiger charge is -2.09. The molecule has 0 radical (unpaired) electrons. The molecule has 0 aromatic carbocycles. The molecule has 6 heteroatoms. The first-order valence-electron chi connectivity index (χ1n) is 3.66. The van der Waals surface area contributed by atoms with E-state index in [1.807, 2.05) is 0 Å². The molecule has 1 aromatic heterocycles. The van der Waals surface area contributed by atoms with Gasteiger partial charge in [0, 0.05) is 17.3 Å². The Labute approximate surface area is 83.2 Å². The Kier molecular flexibility index (Phi) is 3.40. The second kappa shape index (κ2) is 4.36. The van der Waals surface area contributed by atoms with Crippen LogP contribution in [0.2, 0.25) is 0 Å². The van der Waals surface area contributed by atoms with E-state index in [2.05, 4.69) is 4.98 Å². The molecule has 0 amide bonds. The highest BCUT2D eigenvalue weighted by Gasteiger charge is 2.38. The van der Waals surface area contributed by atoms with Gasteiger partial charge in [0.05, 0.1) is 5.75 Å². The number of nitrogens with zero attached hydrogens (tertiary/aromatic N) is 1. The van der Waals surface area contributed by atoms with Crippen molar-refractivity contribution in [2.75, 3.05) is 5.75 Å². The van der Waals surface area contributed by atoms with Gasteiger partial charge in [0.25, 0.3) is 0 Å². The largest absolute Gasteiger partial charge is 0.477 e. The summed E-state index contributed by atoms with van der Waals surface area (Å²) >= 11 is 0.785. The molecule has 0 aliphatic heterocycles. The van der Waals surface area contributed by atoms with Crippen LogP contribution in [0.15, 0.2) is 29.4 Å². The summed E-state index contributed by atoms with van der Waals surface area (Å²) in [6.07, 6.45) is 2.92. The van der Waals surface area contributed by atoms with Crippen molar-refractivity contribution in [2.45, 2.75) is 10.8 Å². The van der Waals surface area contributed by atoms with Gasteiger partial charge in [0.2, 0.25) is 0 Å². The Hall–Kier alpha value is -1.17. The van der Waals surface area contributed by atoms with E-state index < -0.39 is 17.6 Å². The average molecular weight is 219 g/mol. The number of halogens is 2. The molecule has 0 spiro atoms. The fraction of sp³-hybridized carbons (Fsp3) is 0.250. The number of rotatable bonds is 4. The van der Waals surface area contributed by atoms with E-state index in [9.17, 15) is 13.6 Å². The van der Waals surface area contributed by atoms with Gasteiger partial charge < -0.3 is 5.11 Å². The Bertz CT molecular complexity index is 318. The summed E-state index contributed by atoms with van der Waals surface area (Å²) in [7, 11) is 0. The monoisotopic (exact) mass is 219 g/mol. The van der Waals surface area contributed by atoms with Gasteiger partial charge in [0.15, 0.2) is 0 Å². The lowest BCUT2D eigenvalue weighted by Crippen LogP contribution is -2.30. The van der Waals surface area contributed by atoms with E-state index in [-0.39, 0.29) is 0 Å². The fourth-order valence-corrected chi connectivity index (χ4v) is 1.46. The minimum atomic E-state index is -3.69. The van der Waals surface area contributed by atoms with Crippen LogP contribution < -0.4 is 0 Å². The summed E-state index contributed by atoms with van der Waals surface area (Å²) in [5.41, 5.74) is 0. The third kappa shape index (κ3) is 2.95. The summed E-state index contributed by atoms with van der Waals surface area (Å²) in [6.45, 7) is 0. The van der Waals surface area contributed by atoms with Gasteiger partial charge in [0.1, 0.15) is 0 Å². The molecule has 1 rings (SSSR count). The van der Waals surface area contributed by atoms with Crippen LogP contribution in [0, 0.1) is 0 Å². The van der Waals surface area contributed by atoms with Crippen LogP contribution in [-0.4, -0.2) is 27.7 Å². The normalized spacial score (nSPS) is 11.3. The Morgan fingerprint density at radius 2 is 2.07 bits per heavy atom. The standard InChI is InChI=1S/C8H7F2NO2S/c9-8(10,7(12)13)5-14-6-1-3-11-4-2-6/h1-4H,5H2,(H,12,13). The molecule has 0 saturated heterocycles. The molecule has 76 valence electrons. The molecule has 0 fully saturated rings. The van der Waals surface area contributed by atoms with Crippen LogP contribution in [0.4, 0.5) is 8.78 Å². The van der Waals surface area contributed by atoms with Crippen molar-refractivity contribution < 1.29 is 18.7 Å². The number of carbonyl (C=O) groups is 1. The van der Waals surface area contributed by atoms with Crippen molar-refractivity contribution in [1.29, 1.82) is 0 Å². The van der Waals surface area contributed by atoms with E-state index >= 15 is 0 Å². The van der Waals surface area contributed by atoms with Gasteiger partial charge in [-0.2, -0.15) is 8.78 Å². The summed E-state index contributed by atoms with van der Waals surface area (Å²) in [6, 6.07) is 3.09. The molecule has 0 bridgehead atoms. The topological polar surface area (TPSA) is 50.2 Å². The van der Waals surface area contributed by atoms with Gasteiger partial charge in [-0.05, 0) is 12.1 Å². The number of aromatic nitrogens is 1. The molecule has 1 N–H and O–H groups in total. The predicted octanol–water partition coefficient (Wildman–Crippen LogP) is 1.89. The first kappa shape index (κ1) is 10.9. The van der Waals surface area contributed by atoms with Crippen molar-refractivity contribution in [2.24, 2.45) is 0 Å². The number of aliphatic carboxylic acids is 1. The van der Waals surface area contributed by atoms with E-state index in [4.69, 9.17) is 5.11 Å². The van der Waals surface area contributed by atoms with Gasteiger partial charge >= 0.3 is 11.9 Å². The minimum absolute atomic E-state index is 0.570. The van der Waals surface area contributed by atoms with E-state index in [0.29, 0.717) is 4.90 Å². The Morgan fingerprint density at radius 1 is 1.50 bits per heavy atom. The van der Waals surface area contributed by atoms with Crippen LogP contribution >= 0.6 is 11.8 Å². The van der Waals surface area contributed by atoms with Gasteiger partial charge in [-0.3, -0.25) is 4.98 Å². The maximum absolute atomic E-state index is 12.6. The maximum Gasteiger partial charge on any atom is 0.375 e. The molecule has 0 aliphatic carbocycles. The van der Waals surface area contributed by atoms with Crippen LogP contribution in [0.3, 0.4) is 0 Å². The minimum Gasteiger partial charge on any atom is -0.477 e. The summed E-state index contributed by atoms with van der Waals surface area (Å²) in [5.74, 6) is -6.56. The van der Waals surface area contributed by atoms with Crippen LogP contribution in [-0.2, 0) is 4.79 Å². The van der Waals surface area contributed by atoms with Crippen molar-refractivity contribution in [3.05, 3.63) is 24.5 Å². The van der Waals surface area contributed by atoms with Crippen molar-refractivity contribution >= 4 is 17.7 Å². The average Bonchev–Trinajstić information content (AvgIpc) is 2.16. The number of carboxylic acids is 1. The molecule has 0 aliphatic rings. The summed E-state index contributed by atoms with van der Waals surface area (Å²) in [4.78, 5) is 14.3. The number of thioether (sulfide) groups is 1. The molecule has 1 aromatic rings. The summed E-state index contributed by atoms with van der Waals surface area (Å²) < 4.78 is 25.2. The van der Waals surface area contributed by atoms with Crippen LogP contribution in [0.25, 0.3) is 0 Å². The third-order valence-corrected chi connectivity index (χ3v) is 2.50. The van der Waals surface area contributed by atoms with Gasteiger partial charge in [-0.1, -0.05) is 0 Å². The second-order valence-electron chi connectivity index (χ2n) is 2.48.